The van der Waals surface area contributed by atoms with Gasteiger partial charge in [0.25, 0.3) is 5.91 Å². The number of nitrogens with zero attached hydrogens (tertiary/aromatic N) is 3. The van der Waals surface area contributed by atoms with E-state index in [-0.39, 0.29) is 11.8 Å². The molecule has 2 amide bonds. The number of amides is 2. The zero-order valence-corrected chi connectivity index (χ0v) is 17.5. The number of carbonyl (C=O) groups is 2. The Hall–Kier alpha value is -3.12. The fourth-order valence-electron chi connectivity index (χ4n) is 4.94. The second kappa shape index (κ2) is 6.71. The molecule has 1 saturated heterocycles. The zero-order valence-electron chi connectivity index (χ0n) is 16.7. The number of carbonyl (C=O) groups excluding carboxylic acids is 2. The smallest absolute Gasteiger partial charge is 0.254 e. The van der Waals surface area contributed by atoms with Crippen molar-refractivity contribution in [3.63, 3.8) is 0 Å². The van der Waals surface area contributed by atoms with Crippen LogP contribution in [0.25, 0.3) is 0 Å². The molecule has 0 bridgehead atoms. The first-order valence-corrected chi connectivity index (χ1v) is 10.3. The van der Waals surface area contributed by atoms with Gasteiger partial charge < -0.3 is 10.2 Å². The molecule has 30 heavy (non-hydrogen) atoms. The lowest BCUT2D eigenvalue weighted by atomic mass is 9.73. The maximum Gasteiger partial charge on any atom is 0.254 e. The molecule has 0 unspecified atom stereocenters. The van der Waals surface area contributed by atoms with Crippen LogP contribution in [0.1, 0.15) is 39.5 Å². The molecule has 0 radical (unpaired) electrons. The van der Waals surface area contributed by atoms with Crippen molar-refractivity contribution in [2.24, 2.45) is 7.05 Å². The molecule has 2 aliphatic heterocycles. The second-order valence-corrected chi connectivity index (χ2v) is 8.39. The van der Waals surface area contributed by atoms with E-state index in [0.29, 0.717) is 23.6 Å². The minimum Gasteiger partial charge on any atom is -0.330 e. The number of nitrogens with one attached hydrogen (secondary N) is 1. The van der Waals surface area contributed by atoms with Crippen molar-refractivity contribution in [1.29, 1.82) is 0 Å². The molecule has 0 aliphatic carbocycles. The number of aryl methyl sites for hydroxylation is 1. The van der Waals surface area contributed by atoms with Gasteiger partial charge in [0.1, 0.15) is 5.41 Å². The van der Waals surface area contributed by atoms with E-state index in [2.05, 4.69) is 10.4 Å². The number of benzene rings is 2. The Bertz CT molecular complexity index is 1190. The average Bonchev–Trinajstić information content (AvgIpc) is 3.41. The third-order valence-electron chi connectivity index (χ3n) is 6.39. The molecule has 3 heterocycles. The number of hydrogen-bond donors (Lipinski definition) is 1. The van der Waals surface area contributed by atoms with E-state index in [1.165, 1.54) is 0 Å². The molecule has 1 aromatic heterocycles. The maximum atomic E-state index is 13.7. The number of likely N-dealkylation sites (tertiary alicyclic amines) is 1. The van der Waals surface area contributed by atoms with Crippen LogP contribution in [0.5, 0.6) is 0 Å². The van der Waals surface area contributed by atoms with E-state index in [1.807, 2.05) is 44.4 Å². The van der Waals surface area contributed by atoms with Crippen molar-refractivity contribution in [3.8, 4) is 0 Å². The van der Waals surface area contributed by atoms with Crippen LogP contribution in [0, 0.1) is 6.92 Å². The Morgan fingerprint density at radius 2 is 2.03 bits per heavy atom. The van der Waals surface area contributed by atoms with Crippen LogP contribution in [0.2, 0.25) is 5.02 Å². The molecule has 2 atom stereocenters. The topological polar surface area (TPSA) is 67.2 Å². The molecular weight excluding hydrogens is 400 g/mol. The fourth-order valence-corrected chi connectivity index (χ4v) is 5.12. The second-order valence-electron chi connectivity index (χ2n) is 7.98. The lowest BCUT2D eigenvalue weighted by Gasteiger charge is -2.33. The van der Waals surface area contributed by atoms with Gasteiger partial charge in [0.05, 0.1) is 12.2 Å². The van der Waals surface area contributed by atoms with Crippen LogP contribution in [-0.2, 0) is 17.3 Å². The first kappa shape index (κ1) is 18.9. The van der Waals surface area contributed by atoms with E-state index in [0.717, 1.165) is 22.4 Å². The summed E-state index contributed by atoms with van der Waals surface area (Å²) < 4.78 is 1.70. The first-order chi connectivity index (χ1) is 14.4. The van der Waals surface area contributed by atoms with E-state index >= 15 is 0 Å². The summed E-state index contributed by atoms with van der Waals surface area (Å²) >= 11 is 6.28. The van der Waals surface area contributed by atoms with E-state index in [1.54, 1.807) is 34.0 Å². The van der Waals surface area contributed by atoms with Gasteiger partial charge in [-0.25, -0.2) is 0 Å². The molecule has 6 nitrogen and oxygen atoms in total. The van der Waals surface area contributed by atoms with Crippen molar-refractivity contribution < 1.29 is 9.59 Å². The molecule has 3 aromatic rings. The summed E-state index contributed by atoms with van der Waals surface area (Å²) in [5, 5.41) is 7.90. The number of hydrogen-bond acceptors (Lipinski definition) is 3. The van der Waals surface area contributed by atoms with E-state index in [4.69, 9.17) is 11.6 Å². The van der Waals surface area contributed by atoms with Crippen LogP contribution in [0.3, 0.4) is 0 Å². The number of fused-ring (bicyclic) bond motifs is 2. The predicted octanol–water partition coefficient (Wildman–Crippen LogP) is 3.86. The van der Waals surface area contributed by atoms with Gasteiger partial charge in [-0.05, 0) is 42.7 Å². The minimum atomic E-state index is -0.845. The molecular formula is C23H21ClN4O2. The zero-order chi connectivity index (χ0) is 21.0. The van der Waals surface area contributed by atoms with Crippen molar-refractivity contribution in [1.82, 2.24) is 14.7 Å². The molecule has 0 saturated carbocycles. The monoisotopic (exact) mass is 420 g/mol. The van der Waals surface area contributed by atoms with Gasteiger partial charge >= 0.3 is 0 Å². The van der Waals surface area contributed by atoms with Gasteiger partial charge in [-0.3, -0.25) is 14.3 Å². The summed E-state index contributed by atoms with van der Waals surface area (Å²) in [5.41, 5.74) is 3.04. The Morgan fingerprint density at radius 3 is 2.80 bits per heavy atom. The quantitative estimate of drug-likeness (QED) is 0.684. The standard InChI is InChI=1S/C23H21ClN4O2/c1-14-16(6-5-8-18(14)24)21(29)28-11-10-23(20(28)15-12-25-27(2)13-15)17-7-3-4-9-19(17)26-22(23)30/h3-9,12-13,20H,10-11H2,1-2H3,(H,26,30)/t20-,23+/m0/s1. The Balaban J connectivity index is 1.68. The number of aromatic nitrogens is 2. The SMILES string of the molecule is Cc1c(Cl)cccc1C(=O)N1CC[C@]2(C(=O)Nc3ccccc32)[C@@H]1c1cnn(C)c1. The first-order valence-electron chi connectivity index (χ1n) is 9.89. The summed E-state index contributed by atoms with van der Waals surface area (Å²) in [6.45, 7) is 2.31. The average molecular weight is 421 g/mol. The Kier molecular flexibility index (Phi) is 4.22. The predicted molar refractivity (Wildman–Crippen MR) is 115 cm³/mol. The summed E-state index contributed by atoms with van der Waals surface area (Å²) in [5.74, 6) is -0.200. The third kappa shape index (κ3) is 2.53. The molecule has 1 fully saturated rings. The molecule has 1 N–H and O–H groups in total. The van der Waals surface area contributed by atoms with Crippen molar-refractivity contribution in [2.45, 2.75) is 24.8 Å². The minimum absolute atomic E-state index is 0.0735. The van der Waals surface area contributed by atoms with Crippen molar-refractivity contribution in [2.75, 3.05) is 11.9 Å². The van der Waals surface area contributed by atoms with Crippen LogP contribution in [0.4, 0.5) is 5.69 Å². The van der Waals surface area contributed by atoms with Crippen LogP contribution in [0.15, 0.2) is 54.9 Å². The van der Waals surface area contributed by atoms with Crippen LogP contribution >= 0.6 is 11.6 Å². The third-order valence-corrected chi connectivity index (χ3v) is 6.80. The van der Waals surface area contributed by atoms with Crippen LogP contribution < -0.4 is 5.32 Å². The number of halogens is 1. The number of para-hydroxylation sites is 1. The lowest BCUT2D eigenvalue weighted by molar-refractivity contribution is -0.121. The van der Waals surface area contributed by atoms with Gasteiger partial charge in [0.2, 0.25) is 5.91 Å². The molecule has 2 aliphatic rings. The van der Waals surface area contributed by atoms with Crippen molar-refractivity contribution >= 4 is 29.1 Å². The van der Waals surface area contributed by atoms with Gasteiger partial charge in [-0.15, -0.1) is 0 Å². The Morgan fingerprint density at radius 1 is 1.23 bits per heavy atom. The number of rotatable bonds is 2. The summed E-state index contributed by atoms with van der Waals surface area (Å²) in [4.78, 5) is 28.9. The maximum absolute atomic E-state index is 13.7. The van der Waals surface area contributed by atoms with E-state index < -0.39 is 11.5 Å². The highest BCUT2D eigenvalue weighted by atomic mass is 35.5. The number of anilines is 1. The normalized spacial score (nSPS) is 22.4. The molecule has 152 valence electrons. The summed E-state index contributed by atoms with van der Waals surface area (Å²) in [6, 6.07) is 12.6. The molecule has 5 rings (SSSR count). The van der Waals surface area contributed by atoms with Gasteiger partial charge in [0.15, 0.2) is 0 Å². The summed E-state index contributed by atoms with van der Waals surface area (Å²) in [6.07, 6.45) is 4.18. The van der Waals surface area contributed by atoms with Gasteiger partial charge in [-0.2, -0.15) is 5.10 Å². The van der Waals surface area contributed by atoms with Crippen LogP contribution in [-0.4, -0.2) is 33.0 Å². The van der Waals surface area contributed by atoms with Gasteiger partial charge in [0, 0.05) is 41.6 Å². The highest BCUT2D eigenvalue weighted by Crippen LogP contribution is 2.55. The molecule has 7 heteroatoms. The highest BCUT2D eigenvalue weighted by molar-refractivity contribution is 6.31. The van der Waals surface area contributed by atoms with Gasteiger partial charge in [-0.1, -0.05) is 35.9 Å². The largest absolute Gasteiger partial charge is 0.330 e. The molecule has 1 spiro atoms. The summed E-state index contributed by atoms with van der Waals surface area (Å²) in [7, 11) is 1.83. The fraction of sp³-hybridized carbons (Fsp3) is 0.261. The van der Waals surface area contributed by atoms with E-state index in [9.17, 15) is 9.59 Å². The Labute approximate surface area is 179 Å². The van der Waals surface area contributed by atoms with Crippen molar-refractivity contribution in [3.05, 3.63) is 82.1 Å². The highest BCUT2D eigenvalue weighted by Gasteiger charge is 2.59. The molecule has 2 aromatic carbocycles. The lowest BCUT2D eigenvalue weighted by Crippen LogP contribution is -2.42.